The predicted molar refractivity (Wildman–Crippen MR) is 47.5 cm³/mol. The number of carbonyl (C=O) groups is 1. The van der Waals surface area contributed by atoms with Crippen LogP contribution < -0.4 is 0 Å². The Morgan fingerprint density at radius 1 is 1.21 bits per heavy atom. The second-order valence-corrected chi connectivity index (χ2v) is 2.96. The van der Waals surface area contributed by atoms with E-state index in [1.54, 1.807) is 0 Å². The highest BCUT2D eigenvalue weighted by atomic mass is 16.4. The molecular formula is C9H10O5. The molecule has 1 unspecified atom stereocenters. The Morgan fingerprint density at radius 3 is 2.00 bits per heavy atom. The first-order valence-corrected chi connectivity index (χ1v) is 3.91. The van der Waals surface area contributed by atoms with Crippen LogP contribution in [0.3, 0.4) is 0 Å². The van der Waals surface area contributed by atoms with Crippen LogP contribution in [0.25, 0.3) is 0 Å². The molecule has 0 saturated carbocycles. The Balaban J connectivity index is 3.27. The molecule has 0 amide bonds. The molecular weight excluding hydrogens is 188 g/mol. The molecule has 0 aromatic heterocycles. The van der Waals surface area contributed by atoms with Gasteiger partial charge in [-0.25, -0.2) is 0 Å². The highest BCUT2D eigenvalue weighted by Crippen LogP contribution is 2.37. The third kappa shape index (κ3) is 1.71. The molecule has 4 N–H and O–H groups in total. The first-order chi connectivity index (χ1) is 6.43. The molecule has 1 aromatic carbocycles. The summed E-state index contributed by atoms with van der Waals surface area (Å²) in [4.78, 5) is 10.6. The highest BCUT2D eigenvalue weighted by Gasteiger charge is 2.22. The number of hydrogen-bond donors (Lipinski definition) is 4. The van der Waals surface area contributed by atoms with Gasteiger partial charge in [0.2, 0.25) is 0 Å². The molecule has 0 saturated heterocycles. The Bertz CT molecular complexity index is 348. The summed E-state index contributed by atoms with van der Waals surface area (Å²) in [5.41, 5.74) is -0.102. The zero-order chi connectivity index (χ0) is 10.9. The predicted octanol–water partition coefficient (Wildman–Crippen LogP) is 0.991. The van der Waals surface area contributed by atoms with Gasteiger partial charge in [0.05, 0.1) is 5.92 Å². The van der Waals surface area contributed by atoms with Crippen molar-refractivity contribution in [3.8, 4) is 17.2 Å². The van der Waals surface area contributed by atoms with Gasteiger partial charge in [-0.3, -0.25) is 4.79 Å². The van der Waals surface area contributed by atoms with Gasteiger partial charge < -0.3 is 20.4 Å². The summed E-state index contributed by atoms with van der Waals surface area (Å²) in [7, 11) is 0. The maximum absolute atomic E-state index is 10.6. The number of hydrogen-bond acceptors (Lipinski definition) is 4. The molecule has 5 heteroatoms. The van der Waals surface area contributed by atoms with Gasteiger partial charge in [0.15, 0.2) is 0 Å². The number of carboxylic acid groups (broad SMARTS) is 1. The third-order valence-electron chi connectivity index (χ3n) is 1.92. The summed E-state index contributed by atoms with van der Waals surface area (Å²) in [6, 6.07) is 1.96. The molecule has 14 heavy (non-hydrogen) atoms. The van der Waals surface area contributed by atoms with E-state index in [1.807, 2.05) is 0 Å². The molecule has 76 valence electrons. The zero-order valence-corrected chi connectivity index (χ0v) is 7.43. The lowest BCUT2D eigenvalue weighted by molar-refractivity contribution is -0.138. The van der Waals surface area contributed by atoms with Gasteiger partial charge in [0.1, 0.15) is 17.2 Å². The number of aliphatic carboxylic acids is 1. The van der Waals surface area contributed by atoms with E-state index in [4.69, 9.17) is 10.2 Å². The number of phenolic OH excluding ortho intramolecular Hbond substituents is 3. The molecule has 0 spiro atoms. The van der Waals surface area contributed by atoms with Crippen LogP contribution in [-0.4, -0.2) is 26.4 Å². The molecule has 0 heterocycles. The lowest BCUT2D eigenvalue weighted by Crippen LogP contribution is -2.07. The molecule has 0 aliphatic rings. The van der Waals surface area contributed by atoms with Crippen LogP contribution in [-0.2, 0) is 4.79 Å². The molecule has 0 aliphatic carbocycles. The van der Waals surface area contributed by atoms with E-state index in [2.05, 4.69) is 0 Å². The van der Waals surface area contributed by atoms with Gasteiger partial charge in [-0.1, -0.05) is 0 Å². The van der Waals surface area contributed by atoms with Gasteiger partial charge >= 0.3 is 5.97 Å². The molecule has 1 aromatic rings. The molecule has 5 nitrogen and oxygen atoms in total. The summed E-state index contributed by atoms with van der Waals surface area (Å²) < 4.78 is 0. The van der Waals surface area contributed by atoms with Crippen LogP contribution in [0.1, 0.15) is 18.4 Å². The van der Waals surface area contributed by atoms with Crippen molar-refractivity contribution in [1.82, 2.24) is 0 Å². The van der Waals surface area contributed by atoms with Crippen LogP contribution in [0.5, 0.6) is 17.2 Å². The van der Waals surface area contributed by atoms with E-state index in [9.17, 15) is 15.0 Å². The minimum Gasteiger partial charge on any atom is -0.508 e. The van der Waals surface area contributed by atoms with Crippen molar-refractivity contribution in [2.75, 3.05) is 0 Å². The summed E-state index contributed by atoms with van der Waals surface area (Å²) in [6.07, 6.45) is 0. The topological polar surface area (TPSA) is 98.0 Å². The summed E-state index contributed by atoms with van der Waals surface area (Å²) >= 11 is 0. The lowest BCUT2D eigenvalue weighted by atomic mass is 9.99. The van der Waals surface area contributed by atoms with Gasteiger partial charge in [-0.15, -0.1) is 0 Å². The molecule has 0 radical (unpaired) electrons. The van der Waals surface area contributed by atoms with Crippen LogP contribution in [0.4, 0.5) is 0 Å². The van der Waals surface area contributed by atoms with Crippen LogP contribution in [0.2, 0.25) is 0 Å². The van der Waals surface area contributed by atoms with Gasteiger partial charge in [0.25, 0.3) is 0 Å². The van der Waals surface area contributed by atoms with Crippen molar-refractivity contribution in [2.45, 2.75) is 12.8 Å². The van der Waals surface area contributed by atoms with E-state index in [0.29, 0.717) is 0 Å². The molecule has 0 fully saturated rings. The SMILES string of the molecule is CC(C(=O)O)c1c(O)cc(O)cc1O. The molecule has 0 aliphatic heterocycles. The van der Waals surface area contributed by atoms with Crippen molar-refractivity contribution in [3.63, 3.8) is 0 Å². The Labute approximate surface area is 79.9 Å². The standard InChI is InChI=1S/C9H10O5/c1-4(9(13)14)8-6(11)2-5(10)3-7(8)12/h2-4,10-12H,1H3,(H,13,14). The summed E-state index contributed by atoms with van der Waals surface area (Å²) in [6.45, 7) is 1.33. The van der Waals surface area contributed by atoms with Crippen LogP contribution >= 0.6 is 0 Å². The Kier molecular flexibility index (Phi) is 2.51. The quantitative estimate of drug-likeness (QED) is 0.568. The minimum absolute atomic E-state index is 0.102. The Hall–Kier alpha value is -1.91. The largest absolute Gasteiger partial charge is 0.508 e. The molecule has 0 bridgehead atoms. The monoisotopic (exact) mass is 198 g/mol. The first kappa shape index (κ1) is 10.2. The maximum atomic E-state index is 10.6. The van der Waals surface area contributed by atoms with Crippen molar-refractivity contribution < 1.29 is 25.2 Å². The van der Waals surface area contributed by atoms with Crippen molar-refractivity contribution >= 4 is 5.97 Å². The van der Waals surface area contributed by atoms with Crippen molar-refractivity contribution in [2.24, 2.45) is 0 Å². The van der Waals surface area contributed by atoms with Crippen molar-refractivity contribution in [1.29, 1.82) is 0 Å². The van der Waals surface area contributed by atoms with E-state index in [0.717, 1.165) is 12.1 Å². The molecule has 1 rings (SSSR count). The van der Waals surface area contributed by atoms with Crippen LogP contribution in [0.15, 0.2) is 12.1 Å². The normalized spacial score (nSPS) is 12.4. The van der Waals surface area contributed by atoms with Gasteiger partial charge in [-0.05, 0) is 6.92 Å². The van der Waals surface area contributed by atoms with E-state index >= 15 is 0 Å². The second kappa shape index (κ2) is 3.45. The fraction of sp³-hybridized carbons (Fsp3) is 0.222. The fourth-order valence-corrected chi connectivity index (χ4v) is 1.18. The number of aromatic hydroxyl groups is 3. The highest BCUT2D eigenvalue weighted by molar-refractivity contribution is 5.78. The fourth-order valence-electron chi connectivity index (χ4n) is 1.18. The third-order valence-corrected chi connectivity index (χ3v) is 1.92. The number of benzene rings is 1. The maximum Gasteiger partial charge on any atom is 0.310 e. The van der Waals surface area contributed by atoms with E-state index in [1.165, 1.54) is 6.92 Å². The summed E-state index contributed by atoms with van der Waals surface area (Å²) in [5, 5.41) is 36.3. The minimum atomic E-state index is -1.17. The Morgan fingerprint density at radius 2 is 1.64 bits per heavy atom. The second-order valence-electron chi connectivity index (χ2n) is 2.96. The van der Waals surface area contributed by atoms with E-state index in [-0.39, 0.29) is 11.3 Å². The van der Waals surface area contributed by atoms with Gasteiger partial charge in [0, 0.05) is 17.7 Å². The molecule has 1 atom stereocenters. The van der Waals surface area contributed by atoms with Crippen molar-refractivity contribution in [3.05, 3.63) is 17.7 Å². The first-order valence-electron chi connectivity index (χ1n) is 3.91. The number of rotatable bonds is 2. The zero-order valence-electron chi connectivity index (χ0n) is 7.43. The number of phenols is 3. The lowest BCUT2D eigenvalue weighted by Gasteiger charge is -2.11. The average Bonchev–Trinajstić information content (AvgIpc) is 2.01. The summed E-state index contributed by atoms with van der Waals surface area (Å²) in [5.74, 6) is -3.38. The van der Waals surface area contributed by atoms with Gasteiger partial charge in [-0.2, -0.15) is 0 Å². The van der Waals surface area contributed by atoms with E-state index < -0.39 is 23.4 Å². The average molecular weight is 198 g/mol. The van der Waals surface area contributed by atoms with Crippen LogP contribution in [0, 0.1) is 0 Å². The number of carboxylic acids is 1. The smallest absolute Gasteiger partial charge is 0.310 e.